The number of nitrogens with one attached hydrogen (secondary N) is 1. The summed E-state index contributed by atoms with van der Waals surface area (Å²) in [4.78, 5) is 13.9. The van der Waals surface area contributed by atoms with Crippen LogP contribution in [0.15, 0.2) is 95.4 Å². The first-order valence-electron chi connectivity index (χ1n) is 12.2. The zero-order chi connectivity index (χ0) is 26.7. The van der Waals surface area contributed by atoms with Gasteiger partial charge < -0.3 is 19.5 Å². The topological polar surface area (TPSA) is 80.6 Å². The van der Waals surface area contributed by atoms with Crippen molar-refractivity contribution in [1.82, 2.24) is 0 Å². The first kappa shape index (κ1) is 26.6. The molecule has 4 rings (SSSR count). The van der Waals surface area contributed by atoms with Gasteiger partial charge in [-0.15, -0.1) is 11.8 Å². The molecule has 0 aromatic heterocycles. The average Bonchev–Trinajstić information content (AvgIpc) is 2.95. The number of anilines is 1. The first-order valence-corrected chi connectivity index (χ1v) is 13.2. The van der Waals surface area contributed by atoms with Crippen molar-refractivity contribution in [1.29, 1.82) is 5.26 Å². The Balaban J connectivity index is 1.41. The first-order chi connectivity index (χ1) is 18.6. The van der Waals surface area contributed by atoms with E-state index >= 15 is 0 Å². The largest absolute Gasteiger partial charge is 0.497 e. The van der Waals surface area contributed by atoms with Gasteiger partial charge in [-0.1, -0.05) is 42.5 Å². The molecule has 4 aromatic carbocycles. The van der Waals surface area contributed by atoms with E-state index in [9.17, 15) is 10.1 Å². The summed E-state index contributed by atoms with van der Waals surface area (Å²) in [5.74, 6) is 2.12. The quantitative estimate of drug-likeness (QED) is 0.0988. The second-order valence-corrected chi connectivity index (χ2v) is 9.30. The van der Waals surface area contributed by atoms with Crippen LogP contribution >= 0.6 is 11.8 Å². The van der Waals surface area contributed by atoms with E-state index in [1.54, 1.807) is 61.3 Å². The number of nitriles is 1. The van der Waals surface area contributed by atoms with Gasteiger partial charge in [0.15, 0.2) is 11.5 Å². The molecule has 4 aromatic rings. The molecule has 6 nitrogen and oxygen atoms in total. The van der Waals surface area contributed by atoms with Crippen molar-refractivity contribution in [2.75, 3.05) is 31.4 Å². The number of carbonyl (C=O) groups is 1. The summed E-state index contributed by atoms with van der Waals surface area (Å²) in [5.41, 5.74) is 1.20. The molecule has 0 aliphatic heterocycles. The van der Waals surface area contributed by atoms with E-state index in [1.165, 1.54) is 21.7 Å². The number of hydrogen-bond acceptors (Lipinski definition) is 6. The Labute approximate surface area is 226 Å². The number of amides is 1. The van der Waals surface area contributed by atoms with Gasteiger partial charge in [0.2, 0.25) is 0 Å². The lowest BCUT2D eigenvalue weighted by atomic mass is 10.1. The minimum atomic E-state index is -0.499. The number of carbonyl (C=O) groups excluding carboxylic acids is 1. The SMILES string of the molecule is CCOc1cc(/C=C(\C#N)C(=O)Nc2ccc(OC)cc2)ccc1OCCSc1cccc2ccccc12. The molecule has 1 N–H and O–H groups in total. The normalized spacial score (nSPS) is 11.0. The van der Waals surface area contributed by atoms with Crippen molar-refractivity contribution in [2.45, 2.75) is 11.8 Å². The molecule has 0 radical (unpaired) electrons. The summed E-state index contributed by atoms with van der Waals surface area (Å²) < 4.78 is 17.0. The summed E-state index contributed by atoms with van der Waals surface area (Å²) in [6.07, 6.45) is 1.53. The maximum Gasteiger partial charge on any atom is 0.266 e. The predicted octanol–water partition coefficient (Wildman–Crippen LogP) is 6.96. The minimum Gasteiger partial charge on any atom is -0.497 e. The molecule has 0 saturated heterocycles. The fourth-order valence-corrected chi connectivity index (χ4v) is 4.72. The Morgan fingerprint density at radius 1 is 0.974 bits per heavy atom. The van der Waals surface area contributed by atoms with Crippen molar-refractivity contribution in [3.8, 4) is 23.3 Å². The smallest absolute Gasteiger partial charge is 0.266 e. The van der Waals surface area contributed by atoms with Gasteiger partial charge in [0.1, 0.15) is 17.4 Å². The van der Waals surface area contributed by atoms with Gasteiger partial charge in [0.05, 0.1) is 20.3 Å². The Morgan fingerprint density at radius 2 is 1.76 bits per heavy atom. The number of benzene rings is 4. The summed E-state index contributed by atoms with van der Waals surface area (Å²) >= 11 is 1.75. The van der Waals surface area contributed by atoms with Crippen molar-refractivity contribution in [3.63, 3.8) is 0 Å². The molecule has 192 valence electrons. The van der Waals surface area contributed by atoms with E-state index in [2.05, 4.69) is 35.6 Å². The van der Waals surface area contributed by atoms with Crippen LogP contribution < -0.4 is 19.5 Å². The Bertz CT molecular complexity index is 1470. The molecule has 0 bridgehead atoms. The third-order valence-corrected chi connectivity index (χ3v) is 6.68. The highest BCUT2D eigenvalue weighted by atomic mass is 32.2. The molecule has 0 aliphatic carbocycles. The van der Waals surface area contributed by atoms with Crippen LogP contribution in [0, 0.1) is 11.3 Å². The summed E-state index contributed by atoms with van der Waals surface area (Å²) in [6, 6.07) is 28.9. The summed E-state index contributed by atoms with van der Waals surface area (Å²) in [6.45, 7) is 2.85. The summed E-state index contributed by atoms with van der Waals surface area (Å²) in [5, 5.41) is 14.8. The Hall–Kier alpha value is -4.41. The number of methoxy groups -OCH3 is 1. The molecule has 0 heterocycles. The monoisotopic (exact) mass is 524 g/mol. The molecular weight excluding hydrogens is 496 g/mol. The lowest BCUT2D eigenvalue weighted by molar-refractivity contribution is -0.112. The van der Waals surface area contributed by atoms with Crippen LogP contribution in [0.3, 0.4) is 0 Å². The third-order valence-electron chi connectivity index (χ3n) is 5.64. The van der Waals surface area contributed by atoms with Crippen LogP contribution in [0.5, 0.6) is 17.2 Å². The van der Waals surface area contributed by atoms with Gasteiger partial charge in [0, 0.05) is 16.3 Å². The van der Waals surface area contributed by atoms with Crippen LogP contribution in [0.25, 0.3) is 16.8 Å². The second-order valence-electron chi connectivity index (χ2n) is 8.17. The third kappa shape index (κ3) is 6.87. The van der Waals surface area contributed by atoms with E-state index in [0.29, 0.717) is 41.7 Å². The Kier molecular flexibility index (Phi) is 9.27. The predicted molar refractivity (Wildman–Crippen MR) is 153 cm³/mol. The molecule has 38 heavy (non-hydrogen) atoms. The molecule has 0 spiro atoms. The molecule has 7 heteroatoms. The number of nitrogens with zero attached hydrogens (tertiary/aromatic N) is 1. The van der Waals surface area contributed by atoms with Crippen LogP contribution in [0.4, 0.5) is 5.69 Å². The van der Waals surface area contributed by atoms with Crippen LogP contribution in [0.1, 0.15) is 12.5 Å². The number of rotatable bonds is 11. The zero-order valence-corrected chi connectivity index (χ0v) is 22.1. The maximum atomic E-state index is 12.7. The molecule has 1 amide bonds. The highest BCUT2D eigenvalue weighted by molar-refractivity contribution is 7.99. The number of ether oxygens (including phenoxy) is 3. The molecule has 0 saturated carbocycles. The number of hydrogen-bond donors (Lipinski definition) is 1. The van der Waals surface area contributed by atoms with Crippen molar-refractivity contribution < 1.29 is 19.0 Å². The lowest BCUT2D eigenvalue weighted by Crippen LogP contribution is -2.13. The van der Waals surface area contributed by atoms with Crippen molar-refractivity contribution >= 4 is 40.2 Å². The van der Waals surface area contributed by atoms with Gasteiger partial charge >= 0.3 is 0 Å². The van der Waals surface area contributed by atoms with Crippen LogP contribution in [-0.2, 0) is 4.79 Å². The Morgan fingerprint density at radius 3 is 2.53 bits per heavy atom. The van der Waals surface area contributed by atoms with Crippen molar-refractivity contribution in [3.05, 3.63) is 96.1 Å². The average molecular weight is 525 g/mol. The molecular formula is C31H28N2O4S. The van der Waals surface area contributed by atoms with E-state index in [0.717, 1.165) is 5.75 Å². The molecule has 0 fully saturated rings. The van der Waals surface area contributed by atoms with E-state index in [-0.39, 0.29) is 5.57 Å². The fourth-order valence-electron chi connectivity index (χ4n) is 3.81. The highest BCUT2D eigenvalue weighted by Gasteiger charge is 2.12. The van der Waals surface area contributed by atoms with Gasteiger partial charge in [-0.05, 0) is 71.8 Å². The van der Waals surface area contributed by atoms with Gasteiger partial charge in [0.25, 0.3) is 5.91 Å². The number of fused-ring (bicyclic) bond motifs is 1. The molecule has 0 aliphatic rings. The van der Waals surface area contributed by atoms with E-state index in [1.807, 2.05) is 25.1 Å². The van der Waals surface area contributed by atoms with E-state index in [4.69, 9.17) is 14.2 Å². The standard InChI is InChI=1S/C31H28N2O4S/c1-3-36-29-20-22(19-24(21-32)31(34)33-25-12-14-26(35-2)15-13-25)11-16-28(29)37-17-18-38-30-10-6-8-23-7-4-5-9-27(23)30/h4-16,19-20H,3,17-18H2,1-2H3,(H,33,34)/b24-19+. The number of thioether (sulfide) groups is 1. The van der Waals surface area contributed by atoms with Crippen molar-refractivity contribution in [2.24, 2.45) is 0 Å². The van der Waals surface area contributed by atoms with Gasteiger partial charge in [-0.3, -0.25) is 4.79 Å². The lowest BCUT2D eigenvalue weighted by Gasteiger charge is -2.13. The zero-order valence-electron chi connectivity index (χ0n) is 21.3. The maximum absolute atomic E-state index is 12.7. The molecule has 0 atom stereocenters. The van der Waals surface area contributed by atoms with Gasteiger partial charge in [-0.25, -0.2) is 0 Å². The minimum absolute atomic E-state index is 0.0246. The second kappa shape index (κ2) is 13.2. The van der Waals surface area contributed by atoms with E-state index < -0.39 is 5.91 Å². The molecule has 0 unspecified atom stereocenters. The highest BCUT2D eigenvalue weighted by Crippen LogP contribution is 2.31. The van der Waals surface area contributed by atoms with Crippen LogP contribution in [-0.4, -0.2) is 32.0 Å². The van der Waals surface area contributed by atoms with Crippen LogP contribution in [0.2, 0.25) is 0 Å². The fraction of sp³-hybridized carbons (Fsp3) is 0.161. The van der Waals surface area contributed by atoms with Gasteiger partial charge in [-0.2, -0.15) is 5.26 Å². The summed E-state index contributed by atoms with van der Waals surface area (Å²) in [7, 11) is 1.57.